The van der Waals surface area contributed by atoms with Gasteiger partial charge in [0.1, 0.15) is 5.75 Å². The topological polar surface area (TPSA) is 9.23 Å². The van der Waals surface area contributed by atoms with Crippen LogP contribution in [-0.2, 0) is 0 Å². The van der Waals surface area contributed by atoms with Crippen molar-refractivity contribution in [2.45, 2.75) is 52.4 Å². The smallest absolute Gasteiger partial charge is 0.173 e. The third-order valence-electron chi connectivity index (χ3n) is 2.73. The molecule has 0 fully saturated rings. The number of rotatable bonds is 7. The highest BCUT2D eigenvalue weighted by Crippen LogP contribution is 2.13. The molecule has 0 saturated heterocycles. The highest BCUT2D eigenvalue weighted by molar-refractivity contribution is 5.30. The van der Waals surface area contributed by atoms with Crippen LogP contribution in [0.1, 0.15) is 52.4 Å². The molecule has 1 rings (SSSR count). The molecular weight excluding hydrogens is 232 g/mol. The zero-order valence-electron chi connectivity index (χ0n) is 12.1. The van der Waals surface area contributed by atoms with Crippen LogP contribution < -0.4 is 4.74 Å². The maximum Gasteiger partial charge on any atom is 0.173 e. The summed E-state index contributed by atoms with van der Waals surface area (Å²) in [4.78, 5) is 0. The number of hydrogen-bond donors (Lipinski definition) is 0. The number of benzene rings is 1. The molecule has 0 heterocycles. The second-order valence-corrected chi connectivity index (χ2v) is 4.53. The Hall–Kier alpha value is -1.68. The van der Waals surface area contributed by atoms with Gasteiger partial charge < -0.3 is 4.74 Å². The molecular formula is C18H24O. The van der Waals surface area contributed by atoms with Crippen LogP contribution in [-0.4, -0.2) is 0 Å². The van der Waals surface area contributed by atoms with Gasteiger partial charge >= 0.3 is 0 Å². The molecule has 0 aliphatic heterocycles. The van der Waals surface area contributed by atoms with E-state index < -0.39 is 0 Å². The number of ether oxygens (including phenoxy) is 1. The Labute approximate surface area is 117 Å². The van der Waals surface area contributed by atoms with Crippen LogP contribution in [0.25, 0.3) is 0 Å². The van der Waals surface area contributed by atoms with Crippen molar-refractivity contribution in [2.24, 2.45) is 0 Å². The average Bonchev–Trinajstić information content (AvgIpc) is 2.44. The summed E-state index contributed by atoms with van der Waals surface area (Å²) >= 11 is 0. The summed E-state index contributed by atoms with van der Waals surface area (Å²) in [6, 6.07) is 9.86. The van der Waals surface area contributed by atoms with Gasteiger partial charge in [-0.25, -0.2) is 0 Å². The van der Waals surface area contributed by atoms with Crippen LogP contribution in [0.4, 0.5) is 0 Å². The summed E-state index contributed by atoms with van der Waals surface area (Å²) in [5, 5.41) is 0. The lowest BCUT2D eigenvalue weighted by Gasteiger charge is -2.04. The summed E-state index contributed by atoms with van der Waals surface area (Å²) in [5.41, 5.74) is 0. The monoisotopic (exact) mass is 256 g/mol. The van der Waals surface area contributed by atoms with Gasteiger partial charge in [-0.05, 0) is 43.4 Å². The zero-order valence-corrected chi connectivity index (χ0v) is 12.1. The first-order chi connectivity index (χ1) is 9.36. The van der Waals surface area contributed by atoms with Gasteiger partial charge in [0.25, 0.3) is 0 Å². The minimum Gasteiger partial charge on any atom is -0.449 e. The molecule has 0 N–H and O–H groups in total. The SMILES string of the molecule is CCCCC#C/C(=C/CCCC)Oc1ccccc1. The summed E-state index contributed by atoms with van der Waals surface area (Å²) < 4.78 is 5.83. The number of para-hydroxylation sites is 1. The first-order valence-electron chi connectivity index (χ1n) is 7.28. The third kappa shape index (κ3) is 7.36. The van der Waals surface area contributed by atoms with E-state index >= 15 is 0 Å². The van der Waals surface area contributed by atoms with E-state index in [1.807, 2.05) is 30.3 Å². The fourth-order valence-corrected chi connectivity index (χ4v) is 1.59. The van der Waals surface area contributed by atoms with Crippen LogP contribution in [0.5, 0.6) is 5.75 Å². The quantitative estimate of drug-likeness (QED) is 0.364. The van der Waals surface area contributed by atoms with E-state index in [1.165, 1.54) is 19.3 Å². The Kier molecular flexibility index (Phi) is 8.31. The van der Waals surface area contributed by atoms with Crippen LogP contribution >= 0.6 is 0 Å². The van der Waals surface area contributed by atoms with Crippen LogP contribution in [0.2, 0.25) is 0 Å². The minimum absolute atomic E-state index is 0.788. The highest BCUT2D eigenvalue weighted by Gasteiger charge is 1.96. The second kappa shape index (κ2) is 10.3. The molecule has 0 aliphatic rings. The predicted octanol–water partition coefficient (Wildman–Crippen LogP) is 5.33. The molecule has 0 bridgehead atoms. The molecule has 0 radical (unpaired) electrons. The van der Waals surface area contributed by atoms with Gasteiger partial charge in [-0.3, -0.25) is 0 Å². The van der Waals surface area contributed by atoms with Gasteiger partial charge in [0.05, 0.1) is 0 Å². The lowest BCUT2D eigenvalue weighted by Crippen LogP contribution is -1.93. The van der Waals surface area contributed by atoms with E-state index in [9.17, 15) is 0 Å². The Morgan fingerprint density at radius 2 is 1.84 bits per heavy atom. The maximum absolute atomic E-state index is 5.83. The second-order valence-electron chi connectivity index (χ2n) is 4.53. The van der Waals surface area contributed by atoms with Gasteiger partial charge in [-0.15, -0.1) is 0 Å². The van der Waals surface area contributed by atoms with E-state index in [4.69, 9.17) is 4.74 Å². The van der Waals surface area contributed by atoms with Crippen molar-refractivity contribution in [3.05, 3.63) is 42.2 Å². The van der Waals surface area contributed by atoms with Gasteiger partial charge in [-0.2, -0.15) is 0 Å². The van der Waals surface area contributed by atoms with Gasteiger partial charge in [0, 0.05) is 6.42 Å². The molecule has 0 spiro atoms. The van der Waals surface area contributed by atoms with Gasteiger partial charge in [-0.1, -0.05) is 50.8 Å². The summed E-state index contributed by atoms with van der Waals surface area (Å²) in [5.74, 6) is 7.99. The number of hydrogen-bond acceptors (Lipinski definition) is 1. The van der Waals surface area contributed by atoms with Crippen molar-refractivity contribution in [1.82, 2.24) is 0 Å². The molecule has 0 unspecified atom stereocenters. The highest BCUT2D eigenvalue weighted by atomic mass is 16.5. The van der Waals surface area contributed by atoms with E-state index in [1.54, 1.807) is 0 Å². The third-order valence-corrected chi connectivity index (χ3v) is 2.73. The molecule has 0 atom stereocenters. The fourth-order valence-electron chi connectivity index (χ4n) is 1.59. The van der Waals surface area contributed by atoms with E-state index in [2.05, 4.69) is 31.8 Å². The van der Waals surface area contributed by atoms with E-state index in [-0.39, 0.29) is 0 Å². The zero-order chi connectivity index (χ0) is 13.8. The Morgan fingerprint density at radius 1 is 1.11 bits per heavy atom. The Bertz CT molecular complexity index is 420. The normalized spacial score (nSPS) is 10.7. The molecule has 1 aromatic rings. The van der Waals surface area contributed by atoms with E-state index in [0.29, 0.717) is 0 Å². The molecule has 0 aromatic heterocycles. The van der Waals surface area contributed by atoms with Crippen LogP contribution in [0, 0.1) is 11.8 Å². The summed E-state index contributed by atoms with van der Waals surface area (Å²) in [6.07, 6.45) is 8.79. The molecule has 1 heteroatoms. The van der Waals surface area contributed by atoms with Crippen molar-refractivity contribution in [2.75, 3.05) is 0 Å². The number of allylic oxidation sites excluding steroid dienone is 2. The number of unbranched alkanes of at least 4 members (excludes halogenated alkanes) is 4. The largest absolute Gasteiger partial charge is 0.449 e. The van der Waals surface area contributed by atoms with Crippen molar-refractivity contribution in [1.29, 1.82) is 0 Å². The van der Waals surface area contributed by atoms with Crippen molar-refractivity contribution < 1.29 is 4.74 Å². The molecule has 1 aromatic carbocycles. The maximum atomic E-state index is 5.83. The summed E-state index contributed by atoms with van der Waals surface area (Å²) in [7, 11) is 0. The van der Waals surface area contributed by atoms with Crippen molar-refractivity contribution in [3.8, 4) is 17.6 Å². The Balaban J connectivity index is 2.62. The van der Waals surface area contributed by atoms with Crippen molar-refractivity contribution >= 4 is 0 Å². The molecule has 19 heavy (non-hydrogen) atoms. The van der Waals surface area contributed by atoms with Crippen LogP contribution in [0.3, 0.4) is 0 Å². The minimum atomic E-state index is 0.788. The molecule has 102 valence electrons. The first kappa shape index (κ1) is 15.4. The van der Waals surface area contributed by atoms with Gasteiger partial charge in [0.2, 0.25) is 0 Å². The van der Waals surface area contributed by atoms with E-state index in [0.717, 1.165) is 30.8 Å². The molecule has 0 amide bonds. The average molecular weight is 256 g/mol. The molecule has 1 nitrogen and oxygen atoms in total. The Morgan fingerprint density at radius 3 is 2.53 bits per heavy atom. The predicted molar refractivity (Wildman–Crippen MR) is 82.0 cm³/mol. The standard InChI is InChI=1S/C18H24O/c1-3-5-7-10-14-17(13-9-6-4-2)19-18-15-11-8-12-16-18/h8,11-13,15-16H,3-7,9H2,1-2H3/b17-13-. The lowest BCUT2D eigenvalue weighted by molar-refractivity contribution is 0.446. The first-order valence-corrected chi connectivity index (χ1v) is 7.28. The fraction of sp³-hybridized carbons (Fsp3) is 0.444. The molecule has 0 aliphatic carbocycles. The van der Waals surface area contributed by atoms with Crippen molar-refractivity contribution in [3.63, 3.8) is 0 Å². The van der Waals surface area contributed by atoms with Crippen LogP contribution in [0.15, 0.2) is 42.2 Å². The summed E-state index contributed by atoms with van der Waals surface area (Å²) in [6.45, 7) is 4.37. The lowest BCUT2D eigenvalue weighted by atomic mass is 10.2. The van der Waals surface area contributed by atoms with Gasteiger partial charge in [0.15, 0.2) is 5.76 Å². The molecule has 0 saturated carbocycles.